The van der Waals surface area contributed by atoms with Crippen LogP contribution in [0.2, 0.25) is 0 Å². The number of hydrogen-bond donors (Lipinski definition) is 0. The van der Waals surface area contributed by atoms with Gasteiger partial charge in [0.1, 0.15) is 0 Å². The Hall–Kier alpha value is -1.86. The maximum absolute atomic E-state index is 13.0. The number of thioether (sulfide) groups is 1. The highest BCUT2D eigenvalue weighted by Crippen LogP contribution is 2.29. The third-order valence-corrected chi connectivity index (χ3v) is 6.44. The van der Waals surface area contributed by atoms with Gasteiger partial charge in [0.2, 0.25) is 5.91 Å². The van der Waals surface area contributed by atoms with Gasteiger partial charge in [0.15, 0.2) is 11.0 Å². The molecule has 1 amide bonds. The van der Waals surface area contributed by atoms with E-state index in [1.807, 2.05) is 53.8 Å². The Labute approximate surface area is 171 Å². The number of carbonyl (C=O) groups is 1. The highest BCUT2D eigenvalue weighted by Gasteiger charge is 2.27. The molecule has 0 saturated heterocycles. The van der Waals surface area contributed by atoms with E-state index in [-0.39, 0.29) is 11.2 Å². The molecular formula is C21H30N4O2S. The van der Waals surface area contributed by atoms with Gasteiger partial charge in [0, 0.05) is 25.8 Å². The lowest BCUT2D eigenvalue weighted by atomic mass is 9.94. The van der Waals surface area contributed by atoms with Gasteiger partial charge in [-0.05, 0) is 19.8 Å². The quantitative estimate of drug-likeness (QED) is 0.628. The van der Waals surface area contributed by atoms with Crippen LogP contribution < -0.4 is 0 Å². The summed E-state index contributed by atoms with van der Waals surface area (Å²) in [6, 6.07) is 10.4. The van der Waals surface area contributed by atoms with Crippen molar-refractivity contribution < 1.29 is 9.53 Å². The fourth-order valence-electron chi connectivity index (χ4n) is 3.70. The molecule has 1 aliphatic rings. The van der Waals surface area contributed by atoms with Crippen LogP contribution in [0.4, 0.5) is 0 Å². The molecule has 1 heterocycles. The Morgan fingerprint density at radius 2 is 1.96 bits per heavy atom. The van der Waals surface area contributed by atoms with E-state index in [0.717, 1.165) is 29.4 Å². The van der Waals surface area contributed by atoms with Crippen molar-refractivity contribution in [3.8, 4) is 11.4 Å². The van der Waals surface area contributed by atoms with E-state index in [4.69, 9.17) is 4.74 Å². The van der Waals surface area contributed by atoms with Crippen molar-refractivity contribution in [2.75, 3.05) is 20.8 Å². The molecule has 152 valence electrons. The Morgan fingerprint density at radius 3 is 2.64 bits per heavy atom. The van der Waals surface area contributed by atoms with Gasteiger partial charge in [-0.15, -0.1) is 10.2 Å². The van der Waals surface area contributed by atoms with Gasteiger partial charge >= 0.3 is 0 Å². The summed E-state index contributed by atoms with van der Waals surface area (Å²) < 4.78 is 7.32. The number of nitrogens with zero attached hydrogens (tertiary/aromatic N) is 4. The van der Waals surface area contributed by atoms with Crippen molar-refractivity contribution >= 4 is 17.7 Å². The molecule has 0 bridgehead atoms. The van der Waals surface area contributed by atoms with Gasteiger partial charge in [0.05, 0.1) is 18.4 Å². The molecule has 1 aliphatic carbocycles. The van der Waals surface area contributed by atoms with Gasteiger partial charge in [-0.3, -0.25) is 9.36 Å². The molecule has 1 fully saturated rings. The molecule has 0 unspecified atom stereocenters. The van der Waals surface area contributed by atoms with Crippen molar-refractivity contribution in [1.82, 2.24) is 19.7 Å². The molecule has 6 nitrogen and oxygen atoms in total. The minimum atomic E-state index is -0.207. The van der Waals surface area contributed by atoms with E-state index in [0.29, 0.717) is 19.2 Å². The second-order valence-electron chi connectivity index (χ2n) is 7.32. The molecule has 1 aromatic heterocycles. The molecule has 3 rings (SSSR count). The highest BCUT2D eigenvalue weighted by atomic mass is 32.2. The fraction of sp³-hybridized carbons (Fsp3) is 0.571. The predicted molar refractivity (Wildman–Crippen MR) is 112 cm³/mol. The molecule has 0 spiro atoms. The first-order valence-electron chi connectivity index (χ1n) is 10.0. The first-order chi connectivity index (χ1) is 13.6. The minimum absolute atomic E-state index is 0.166. The van der Waals surface area contributed by atoms with Gasteiger partial charge in [-0.1, -0.05) is 61.4 Å². The number of rotatable bonds is 8. The lowest BCUT2D eigenvalue weighted by Gasteiger charge is -2.32. The molecule has 0 N–H and O–H groups in total. The number of benzene rings is 1. The number of ether oxygens (including phenoxy) is 1. The summed E-state index contributed by atoms with van der Waals surface area (Å²) in [5.41, 5.74) is 1.01. The molecule has 0 radical (unpaired) electrons. The van der Waals surface area contributed by atoms with Gasteiger partial charge in [-0.25, -0.2) is 0 Å². The maximum atomic E-state index is 13.0. The molecule has 1 atom stereocenters. The summed E-state index contributed by atoms with van der Waals surface area (Å²) in [6.07, 6.45) is 5.95. The fourth-order valence-corrected chi connectivity index (χ4v) is 4.68. The predicted octanol–water partition coefficient (Wildman–Crippen LogP) is 3.86. The number of amides is 1. The maximum Gasteiger partial charge on any atom is 0.235 e. The first-order valence-corrected chi connectivity index (χ1v) is 10.9. The van der Waals surface area contributed by atoms with E-state index in [1.165, 1.54) is 31.0 Å². The summed E-state index contributed by atoms with van der Waals surface area (Å²) in [4.78, 5) is 14.9. The van der Waals surface area contributed by atoms with Crippen molar-refractivity contribution in [3.63, 3.8) is 0 Å². The summed E-state index contributed by atoms with van der Waals surface area (Å²) >= 11 is 1.48. The summed E-state index contributed by atoms with van der Waals surface area (Å²) in [6.45, 7) is 3.18. The Bertz CT molecular complexity index is 759. The van der Waals surface area contributed by atoms with Gasteiger partial charge in [-0.2, -0.15) is 0 Å². The van der Waals surface area contributed by atoms with Crippen molar-refractivity contribution in [3.05, 3.63) is 30.3 Å². The lowest BCUT2D eigenvalue weighted by Crippen LogP contribution is -2.42. The van der Waals surface area contributed by atoms with Gasteiger partial charge in [0.25, 0.3) is 0 Å². The van der Waals surface area contributed by atoms with Crippen LogP contribution in [-0.4, -0.2) is 57.6 Å². The summed E-state index contributed by atoms with van der Waals surface area (Å²) in [7, 11) is 3.63. The number of aromatic nitrogens is 3. The van der Waals surface area contributed by atoms with Crippen LogP contribution in [0.5, 0.6) is 0 Å². The largest absolute Gasteiger partial charge is 0.383 e. The highest BCUT2D eigenvalue weighted by molar-refractivity contribution is 8.00. The molecule has 1 saturated carbocycles. The van der Waals surface area contributed by atoms with Crippen LogP contribution in [0.1, 0.15) is 39.0 Å². The number of hydrogen-bond acceptors (Lipinski definition) is 5. The second kappa shape index (κ2) is 10.1. The third-order valence-electron chi connectivity index (χ3n) is 5.37. The van der Waals surface area contributed by atoms with E-state index in [9.17, 15) is 4.79 Å². The topological polar surface area (TPSA) is 60.2 Å². The molecule has 2 aromatic rings. The smallest absolute Gasteiger partial charge is 0.235 e. The Kier molecular flexibility index (Phi) is 7.50. The standard InChI is InChI=1S/C21H30N4O2S/c1-16(20(26)24(2)18-12-8-5-9-13-18)28-21-23-22-19(25(21)14-15-27-3)17-10-6-4-7-11-17/h4,6-7,10-11,16,18H,5,8-9,12-15H2,1-3H3/t16-/m0/s1. The van der Waals surface area contributed by atoms with E-state index in [1.54, 1.807) is 7.11 Å². The van der Waals surface area contributed by atoms with Crippen LogP contribution in [0.3, 0.4) is 0 Å². The van der Waals surface area contributed by atoms with E-state index < -0.39 is 0 Å². The molecule has 1 aromatic carbocycles. The normalized spacial score (nSPS) is 16.1. The van der Waals surface area contributed by atoms with Crippen molar-refractivity contribution in [2.24, 2.45) is 0 Å². The molecule has 28 heavy (non-hydrogen) atoms. The molecule has 0 aliphatic heterocycles. The van der Waals surface area contributed by atoms with E-state index >= 15 is 0 Å². The van der Waals surface area contributed by atoms with Crippen LogP contribution >= 0.6 is 11.8 Å². The van der Waals surface area contributed by atoms with Crippen molar-refractivity contribution in [1.29, 1.82) is 0 Å². The lowest BCUT2D eigenvalue weighted by molar-refractivity contribution is -0.131. The Balaban J connectivity index is 1.75. The average molecular weight is 403 g/mol. The minimum Gasteiger partial charge on any atom is -0.383 e. The zero-order valence-electron chi connectivity index (χ0n) is 17.0. The van der Waals surface area contributed by atoms with E-state index in [2.05, 4.69) is 10.2 Å². The zero-order valence-corrected chi connectivity index (χ0v) is 17.8. The zero-order chi connectivity index (χ0) is 19.9. The first kappa shape index (κ1) is 20.9. The molecular weight excluding hydrogens is 372 g/mol. The SMILES string of the molecule is COCCn1c(S[C@@H](C)C(=O)N(C)C2CCCCC2)nnc1-c1ccccc1. The van der Waals surface area contributed by atoms with Crippen LogP contribution in [0.15, 0.2) is 35.5 Å². The monoisotopic (exact) mass is 402 g/mol. The molecule has 7 heteroatoms. The second-order valence-corrected chi connectivity index (χ2v) is 8.63. The Morgan fingerprint density at radius 1 is 1.25 bits per heavy atom. The third kappa shape index (κ3) is 4.94. The number of methoxy groups -OCH3 is 1. The van der Waals surface area contributed by atoms with Crippen LogP contribution in [0.25, 0.3) is 11.4 Å². The van der Waals surface area contributed by atoms with Crippen LogP contribution in [-0.2, 0) is 16.1 Å². The van der Waals surface area contributed by atoms with Gasteiger partial charge < -0.3 is 9.64 Å². The van der Waals surface area contributed by atoms with Crippen LogP contribution in [0, 0.1) is 0 Å². The summed E-state index contributed by atoms with van der Waals surface area (Å²) in [5.74, 6) is 0.972. The number of carbonyl (C=O) groups excluding carboxylic acids is 1. The average Bonchev–Trinajstić information content (AvgIpc) is 3.14. The van der Waals surface area contributed by atoms with Crippen molar-refractivity contribution in [2.45, 2.75) is 62.0 Å². The summed E-state index contributed by atoms with van der Waals surface area (Å²) in [5, 5.41) is 9.34.